The van der Waals surface area contributed by atoms with Crippen LogP contribution in [0.2, 0.25) is 5.02 Å². The minimum Gasteiger partial charge on any atom is -0.368 e. The van der Waals surface area contributed by atoms with Crippen LogP contribution in [0.5, 0.6) is 0 Å². The second kappa shape index (κ2) is 8.35. The molecule has 9 heteroatoms. The fraction of sp³-hybridized carbons (Fsp3) is 0.429. The standard InChI is InChI=1S/C21H24ClN5O2S/c1-13(2)20-23-18-19(30-20)14(3)24-27(21(18)29)12-17(28)26-10-8-25(9-11-26)16-6-4-15(22)5-7-16/h4-7,13H,8-12H2,1-3H3. The smallest absolute Gasteiger partial charge is 0.294 e. The summed E-state index contributed by atoms with van der Waals surface area (Å²) in [6.45, 7) is 8.56. The van der Waals surface area contributed by atoms with Crippen LogP contribution >= 0.6 is 22.9 Å². The van der Waals surface area contributed by atoms with Crippen LogP contribution in [0.4, 0.5) is 5.69 Å². The molecule has 2 aromatic heterocycles. The molecule has 3 heterocycles. The van der Waals surface area contributed by atoms with Gasteiger partial charge in [-0.1, -0.05) is 25.4 Å². The van der Waals surface area contributed by atoms with Crippen LogP contribution in [0.1, 0.15) is 30.5 Å². The first kappa shape index (κ1) is 20.8. The van der Waals surface area contributed by atoms with E-state index in [0.29, 0.717) is 23.6 Å². The Bertz CT molecular complexity index is 1130. The number of halogens is 1. The maximum atomic E-state index is 12.9. The van der Waals surface area contributed by atoms with Gasteiger partial charge in [0.15, 0.2) is 5.52 Å². The van der Waals surface area contributed by atoms with Crippen LogP contribution in [0.15, 0.2) is 29.1 Å². The van der Waals surface area contributed by atoms with Crippen molar-refractivity contribution in [1.82, 2.24) is 19.7 Å². The number of nitrogens with zero attached hydrogens (tertiary/aromatic N) is 5. The first-order valence-electron chi connectivity index (χ1n) is 10.00. The molecule has 0 spiro atoms. The number of anilines is 1. The molecule has 1 aromatic carbocycles. The fourth-order valence-electron chi connectivity index (χ4n) is 3.57. The maximum absolute atomic E-state index is 12.9. The Hall–Kier alpha value is -2.45. The highest BCUT2D eigenvalue weighted by Gasteiger charge is 2.23. The molecule has 4 rings (SSSR count). The quantitative estimate of drug-likeness (QED) is 0.616. The molecule has 0 bridgehead atoms. The third-order valence-corrected chi connectivity index (χ3v) is 7.00. The van der Waals surface area contributed by atoms with Crippen molar-refractivity contribution in [2.75, 3.05) is 31.1 Å². The molecule has 1 aliphatic rings. The predicted molar refractivity (Wildman–Crippen MR) is 121 cm³/mol. The molecule has 0 radical (unpaired) electrons. The number of aryl methyl sites for hydroxylation is 1. The van der Waals surface area contributed by atoms with Crippen LogP contribution in [-0.2, 0) is 11.3 Å². The normalized spacial score (nSPS) is 14.7. The number of aromatic nitrogens is 3. The number of amides is 1. The highest BCUT2D eigenvalue weighted by molar-refractivity contribution is 7.18. The van der Waals surface area contributed by atoms with Gasteiger partial charge in [-0.05, 0) is 31.2 Å². The van der Waals surface area contributed by atoms with E-state index in [-0.39, 0.29) is 23.9 Å². The maximum Gasteiger partial charge on any atom is 0.294 e. The molecule has 0 N–H and O–H groups in total. The Morgan fingerprint density at radius 2 is 1.83 bits per heavy atom. The van der Waals surface area contributed by atoms with Gasteiger partial charge in [-0.25, -0.2) is 9.67 Å². The summed E-state index contributed by atoms with van der Waals surface area (Å²) in [7, 11) is 0. The van der Waals surface area contributed by atoms with Gasteiger partial charge in [0.2, 0.25) is 5.91 Å². The minimum absolute atomic E-state index is 0.0644. The van der Waals surface area contributed by atoms with Gasteiger partial charge in [-0.15, -0.1) is 11.3 Å². The number of thiazole rings is 1. The molecule has 7 nitrogen and oxygen atoms in total. The highest BCUT2D eigenvalue weighted by atomic mass is 35.5. The van der Waals surface area contributed by atoms with E-state index in [1.807, 2.05) is 45.0 Å². The number of benzene rings is 1. The average molecular weight is 446 g/mol. The second-order valence-electron chi connectivity index (χ2n) is 7.78. The highest BCUT2D eigenvalue weighted by Crippen LogP contribution is 2.27. The zero-order valence-corrected chi connectivity index (χ0v) is 18.8. The van der Waals surface area contributed by atoms with Crippen LogP contribution in [0.3, 0.4) is 0 Å². The summed E-state index contributed by atoms with van der Waals surface area (Å²) in [4.78, 5) is 34.2. The average Bonchev–Trinajstić information content (AvgIpc) is 3.19. The molecular formula is C21H24ClN5O2S. The Labute approximate surface area is 183 Å². The van der Waals surface area contributed by atoms with Gasteiger partial charge in [-0.2, -0.15) is 5.10 Å². The van der Waals surface area contributed by atoms with Crippen molar-refractivity contribution in [3.05, 3.63) is 50.3 Å². The summed E-state index contributed by atoms with van der Waals surface area (Å²) in [6, 6.07) is 7.71. The van der Waals surface area contributed by atoms with Crippen molar-refractivity contribution in [3.8, 4) is 0 Å². The monoisotopic (exact) mass is 445 g/mol. The number of carbonyl (C=O) groups is 1. The van der Waals surface area contributed by atoms with E-state index in [4.69, 9.17) is 11.6 Å². The molecule has 1 saturated heterocycles. The van der Waals surface area contributed by atoms with Crippen LogP contribution in [-0.4, -0.2) is 51.8 Å². The summed E-state index contributed by atoms with van der Waals surface area (Å²) in [5.41, 5.74) is 1.94. The predicted octanol–water partition coefficient (Wildman–Crippen LogP) is 3.29. The lowest BCUT2D eigenvalue weighted by molar-refractivity contribution is -0.132. The molecule has 158 valence electrons. The number of piperazine rings is 1. The summed E-state index contributed by atoms with van der Waals surface area (Å²) in [5, 5.41) is 6.00. The number of fused-ring (bicyclic) bond motifs is 1. The first-order chi connectivity index (χ1) is 14.3. The van der Waals surface area contributed by atoms with Gasteiger partial charge in [-0.3, -0.25) is 9.59 Å². The minimum atomic E-state index is -0.299. The van der Waals surface area contributed by atoms with Crippen LogP contribution in [0.25, 0.3) is 10.2 Å². The van der Waals surface area contributed by atoms with Crippen molar-refractivity contribution in [1.29, 1.82) is 0 Å². The number of rotatable bonds is 4. The Morgan fingerprint density at radius 1 is 1.17 bits per heavy atom. The van der Waals surface area contributed by atoms with Gasteiger partial charge in [0.05, 0.1) is 15.4 Å². The Kier molecular flexibility index (Phi) is 5.79. The Morgan fingerprint density at radius 3 is 2.47 bits per heavy atom. The third-order valence-electron chi connectivity index (χ3n) is 5.28. The Balaban J connectivity index is 1.46. The van der Waals surface area contributed by atoms with Gasteiger partial charge in [0.25, 0.3) is 5.56 Å². The van der Waals surface area contributed by atoms with Crippen molar-refractivity contribution >= 4 is 44.7 Å². The van der Waals surface area contributed by atoms with Gasteiger partial charge < -0.3 is 9.80 Å². The third kappa shape index (κ3) is 4.06. The van der Waals surface area contributed by atoms with Crippen LogP contribution < -0.4 is 10.5 Å². The molecule has 3 aromatic rings. The molecule has 30 heavy (non-hydrogen) atoms. The summed E-state index contributed by atoms with van der Waals surface area (Å²) in [5.74, 6) is 0.145. The molecule has 0 aliphatic carbocycles. The van der Waals surface area contributed by atoms with Crippen LogP contribution in [0, 0.1) is 6.92 Å². The van der Waals surface area contributed by atoms with Gasteiger partial charge in [0, 0.05) is 42.8 Å². The van der Waals surface area contributed by atoms with Gasteiger partial charge >= 0.3 is 0 Å². The summed E-state index contributed by atoms with van der Waals surface area (Å²) < 4.78 is 2.07. The van der Waals surface area contributed by atoms with Crippen molar-refractivity contribution in [2.24, 2.45) is 0 Å². The number of hydrogen-bond acceptors (Lipinski definition) is 6. The zero-order chi connectivity index (χ0) is 21.4. The van der Waals surface area contributed by atoms with Crippen molar-refractivity contribution < 1.29 is 4.79 Å². The first-order valence-corrected chi connectivity index (χ1v) is 11.2. The molecule has 1 fully saturated rings. The number of hydrogen-bond donors (Lipinski definition) is 0. The molecule has 0 unspecified atom stereocenters. The van der Waals surface area contributed by atoms with Gasteiger partial charge in [0.1, 0.15) is 6.54 Å². The summed E-state index contributed by atoms with van der Waals surface area (Å²) >= 11 is 7.46. The van der Waals surface area contributed by atoms with E-state index in [0.717, 1.165) is 34.2 Å². The van der Waals surface area contributed by atoms with E-state index in [2.05, 4.69) is 15.0 Å². The van der Waals surface area contributed by atoms with E-state index < -0.39 is 0 Å². The SMILES string of the molecule is Cc1nn(CC(=O)N2CCN(c3ccc(Cl)cc3)CC2)c(=O)c2nc(C(C)C)sc12. The molecule has 0 saturated carbocycles. The van der Waals surface area contributed by atoms with Crippen molar-refractivity contribution in [2.45, 2.75) is 33.2 Å². The largest absolute Gasteiger partial charge is 0.368 e. The lowest BCUT2D eigenvalue weighted by Gasteiger charge is -2.36. The van der Waals surface area contributed by atoms with E-state index in [9.17, 15) is 9.59 Å². The topological polar surface area (TPSA) is 71.3 Å². The van der Waals surface area contributed by atoms with E-state index >= 15 is 0 Å². The molecular weight excluding hydrogens is 422 g/mol. The lowest BCUT2D eigenvalue weighted by Crippen LogP contribution is -2.50. The van der Waals surface area contributed by atoms with E-state index in [1.165, 1.54) is 16.0 Å². The summed E-state index contributed by atoms with van der Waals surface area (Å²) in [6.07, 6.45) is 0. The molecule has 1 aliphatic heterocycles. The number of carbonyl (C=O) groups excluding carboxylic acids is 1. The fourth-order valence-corrected chi connectivity index (χ4v) is 4.70. The lowest BCUT2D eigenvalue weighted by atomic mass is 10.2. The molecule has 1 amide bonds. The van der Waals surface area contributed by atoms with E-state index in [1.54, 1.807) is 4.90 Å². The molecule has 0 atom stereocenters. The second-order valence-corrected chi connectivity index (χ2v) is 9.24. The zero-order valence-electron chi connectivity index (χ0n) is 17.3. The van der Waals surface area contributed by atoms with Crippen molar-refractivity contribution in [3.63, 3.8) is 0 Å².